The maximum Gasteiger partial charge on any atom is 0.397 e. The standard InChI is InChI=1S/C15H24F3N3O2.ClH/c16-15(17,18)9-14(23)21-6-4-11(5-7-21)20-13(22)8-10-2-1-3-12(10)19;/h10-12H,1-9,19H2,(H,20,22);1H/t10-,12+;/m0./s1. The molecule has 2 amide bonds. The Morgan fingerprint density at radius 3 is 2.25 bits per heavy atom. The highest BCUT2D eigenvalue weighted by molar-refractivity contribution is 5.85. The van der Waals surface area contributed by atoms with Gasteiger partial charge >= 0.3 is 6.18 Å². The van der Waals surface area contributed by atoms with Crippen LogP contribution in [0.5, 0.6) is 0 Å². The van der Waals surface area contributed by atoms with Gasteiger partial charge in [0.25, 0.3) is 0 Å². The third-order valence-corrected chi connectivity index (χ3v) is 4.73. The van der Waals surface area contributed by atoms with Crippen molar-refractivity contribution in [3.05, 3.63) is 0 Å². The van der Waals surface area contributed by atoms with Crippen molar-refractivity contribution in [1.29, 1.82) is 0 Å². The number of carbonyl (C=O) groups is 2. The molecule has 140 valence electrons. The van der Waals surface area contributed by atoms with E-state index in [2.05, 4.69) is 5.32 Å². The number of alkyl halides is 3. The summed E-state index contributed by atoms with van der Waals surface area (Å²) in [6, 6.07) is 0.0117. The van der Waals surface area contributed by atoms with E-state index in [1.54, 1.807) is 0 Å². The largest absolute Gasteiger partial charge is 0.397 e. The van der Waals surface area contributed by atoms with Crippen LogP contribution in [0.15, 0.2) is 0 Å². The lowest BCUT2D eigenvalue weighted by molar-refractivity contribution is -0.162. The van der Waals surface area contributed by atoms with Crippen molar-refractivity contribution in [2.24, 2.45) is 11.7 Å². The first-order valence-electron chi connectivity index (χ1n) is 8.14. The zero-order valence-corrected chi connectivity index (χ0v) is 14.3. The monoisotopic (exact) mass is 371 g/mol. The van der Waals surface area contributed by atoms with Gasteiger partial charge in [-0.3, -0.25) is 9.59 Å². The number of hydrogen-bond acceptors (Lipinski definition) is 3. The number of nitrogens with zero attached hydrogens (tertiary/aromatic N) is 1. The third kappa shape index (κ3) is 6.47. The summed E-state index contributed by atoms with van der Waals surface area (Å²) in [4.78, 5) is 24.8. The zero-order chi connectivity index (χ0) is 17.0. The van der Waals surface area contributed by atoms with E-state index in [9.17, 15) is 22.8 Å². The van der Waals surface area contributed by atoms with Gasteiger partial charge < -0.3 is 16.0 Å². The van der Waals surface area contributed by atoms with Gasteiger partial charge in [0.05, 0.1) is 0 Å². The van der Waals surface area contributed by atoms with Crippen molar-refractivity contribution in [1.82, 2.24) is 10.2 Å². The van der Waals surface area contributed by atoms with Gasteiger partial charge in [-0.05, 0) is 31.6 Å². The average molecular weight is 372 g/mol. The van der Waals surface area contributed by atoms with Crippen LogP contribution in [0.4, 0.5) is 13.2 Å². The van der Waals surface area contributed by atoms with Crippen LogP contribution >= 0.6 is 12.4 Å². The van der Waals surface area contributed by atoms with Gasteiger partial charge in [-0.25, -0.2) is 0 Å². The molecule has 0 aromatic rings. The van der Waals surface area contributed by atoms with E-state index >= 15 is 0 Å². The number of nitrogens with one attached hydrogen (secondary N) is 1. The number of carbonyl (C=O) groups excluding carboxylic acids is 2. The summed E-state index contributed by atoms with van der Waals surface area (Å²) in [6.45, 7) is 0.506. The Labute approximate surface area is 145 Å². The second kappa shape index (κ2) is 8.89. The summed E-state index contributed by atoms with van der Waals surface area (Å²) in [7, 11) is 0. The molecule has 3 N–H and O–H groups in total. The highest BCUT2D eigenvalue weighted by Crippen LogP contribution is 2.27. The maximum atomic E-state index is 12.2. The number of likely N-dealkylation sites (tertiary alicyclic amines) is 1. The Balaban J connectivity index is 0.00000288. The van der Waals surface area contributed by atoms with E-state index in [-0.39, 0.29) is 49.4 Å². The van der Waals surface area contributed by atoms with Crippen molar-refractivity contribution >= 4 is 24.2 Å². The molecule has 0 bridgehead atoms. The minimum Gasteiger partial charge on any atom is -0.353 e. The normalized spacial score (nSPS) is 25.2. The van der Waals surface area contributed by atoms with Crippen molar-refractivity contribution in [2.75, 3.05) is 13.1 Å². The number of amides is 2. The predicted octanol–water partition coefficient (Wildman–Crippen LogP) is 1.99. The first kappa shape index (κ1) is 21.0. The Morgan fingerprint density at radius 1 is 1.12 bits per heavy atom. The molecular weight excluding hydrogens is 347 g/mol. The Bertz CT molecular complexity index is 440. The molecule has 1 saturated carbocycles. The van der Waals surface area contributed by atoms with Crippen LogP contribution in [0.2, 0.25) is 0 Å². The van der Waals surface area contributed by atoms with Gasteiger partial charge in [0.15, 0.2) is 0 Å². The molecule has 24 heavy (non-hydrogen) atoms. The molecule has 2 fully saturated rings. The molecule has 5 nitrogen and oxygen atoms in total. The van der Waals surface area contributed by atoms with Gasteiger partial charge in [0.2, 0.25) is 11.8 Å². The molecule has 0 radical (unpaired) electrons. The Kier molecular flexibility index (Phi) is 7.79. The summed E-state index contributed by atoms with van der Waals surface area (Å²) in [5.41, 5.74) is 5.95. The zero-order valence-electron chi connectivity index (χ0n) is 13.5. The van der Waals surface area contributed by atoms with Crippen molar-refractivity contribution in [3.8, 4) is 0 Å². The van der Waals surface area contributed by atoms with E-state index in [1.807, 2.05) is 0 Å². The number of nitrogens with two attached hydrogens (primary N) is 1. The molecule has 0 aromatic heterocycles. The highest BCUT2D eigenvalue weighted by atomic mass is 35.5. The third-order valence-electron chi connectivity index (χ3n) is 4.73. The maximum absolute atomic E-state index is 12.2. The van der Waals surface area contributed by atoms with E-state index in [4.69, 9.17) is 5.73 Å². The number of halogens is 4. The van der Waals surface area contributed by atoms with Gasteiger partial charge in [0.1, 0.15) is 6.42 Å². The molecule has 0 aromatic carbocycles. The van der Waals surface area contributed by atoms with Gasteiger partial charge in [-0.2, -0.15) is 13.2 Å². The van der Waals surface area contributed by atoms with Crippen molar-refractivity contribution in [2.45, 2.75) is 63.2 Å². The van der Waals surface area contributed by atoms with Crippen LogP contribution in [0.1, 0.15) is 44.9 Å². The molecule has 9 heteroatoms. The summed E-state index contributed by atoms with van der Waals surface area (Å²) in [6.07, 6.45) is -1.51. The first-order chi connectivity index (χ1) is 10.7. The molecule has 2 rings (SSSR count). The van der Waals surface area contributed by atoms with Gasteiger partial charge in [-0.15, -0.1) is 12.4 Å². The highest BCUT2D eigenvalue weighted by Gasteiger charge is 2.35. The van der Waals surface area contributed by atoms with Crippen molar-refractivity contribution in [3.63, 3.8) is 0 Å². The Hall–Kier alpha value is -1.02. The summed E-state index contributed by atoms with van der Waals surface area (Å²) >= 11 is 0. The lowest BCUT2D eigenvalue weighted by Gasteiger charge is -2.33. The lowest BCUT2D eigenvalue weighted by Crippen LogP contribution is -2.47. The number of rotatable bonds is 4. The Morgan fingerprint density at radius 2 is 1.75 bits per heavy atom. The molecule has 0 unspecified atom stereocenters. The second-order valence-corrected chi connectivity index (χ2v) is 6.57. The molecule has 2 aliphatic rings. The van der Waals surface area contributed by atoms with Crippen LogP contribution in [0.3, 0.4) is 0 Å². The van der Waals surface area contributed by atoms with Crippen LogP contribution in [0, 0.1) is 5.92 Å². The van der Waals surface area contributed by atoms with Crippen LogP contribution in [0.25, 0.3) is 0 Å². The summed E-state index contributed by atoms with van der Waals surface area (Å²) < 4.78 is 36.7. The molecule has 2 atom stereocenters. The molecular formula is C15H25ClF3N3O2. The van der Waals surface area contributed by atoms with Gasteiger partial charge in [0, 0.05) is 31.6 Å². The minimum atomic E-state index is -4.47. The van der Waals surface area contributed by atoms with Crippen LogP contribution < -0.4 is 11.1 Å². The molecule has 0 spiro atoms. The fraction of sp³-hybridized carbons (Fsp3) is 0.867. The average Bonchev–Trinajstić information content (AvgIpc) is 2.83. The van der Waals surface area contributed by atoms with Crippen LogP contribution in [-0.2, 0) is 9.59 Å². The van der Waals surface area contributed by atoms with Crippen molar-refractivity contribution < 1.29 is 22.8 Å². The molecule has 1 aliphatic carbocycles. The smallest absolute Gasteiger partial charge is 0.353 e. The van der Waals surface area contributed by atoms with Gasteiger partial charge in [-0.1, -0.05) is 6.42 Å². The number of piperidine rings is 1. The summed E-state index contributed by atoms with van der Waals surface area (Å²) in [5, 5.41) is 2.92. The van der Waals surface area contributed by atoms with Crippen LogP contribution in [-0.4, -0.2) is 48.1 Å². The lowest BCUT2D eigenvalue weighted by atomic mass is 9.98. The minimum absolute atomic E-state index is 0. The van der Waals surface area contributed by atoms with E-state index in [1.165, 1.54) is 4.90 Å². The predicted molar refractivity (Wildman–Crippen MR) is 85.6 cm³/mol. The quantitative estimate of drug-likeness (QED) is 0.793. The SMILES string of the molecule is Cl.N[C@@H]1CCC[C@H]1CC(=O)NC1CCN(C(=O)CC(F)(F)F)CC1. The molecule has 1 saturated heterocycles. The van der Waals surface area contributed by atoms with E-state index in [0.717, 1.165) is 19.3 Å². The fourth-order valence-corrected chi connectivity index (χ4v) is 3.40. The number of hydrogen-bond donors (Lipinski definition) is 2. The second-order valence-electron chi connectivity index (χ2n) is 6.57. The fourth-order valence-electron chi connectivity index (χ4n) is 3.40. The molecule has 1 aliphatic heterocycles. The van der Waals surface area contributed by atoms with E-state index in [0.29, 0.717) is 19.3 Å². The first-order valence-corrected chi connectivity index (χ1v) is 8.14. The molecule has 1 heterocycles. The summed E-state index contributed by atoms with van der Waals surface area (Å²) in [5.74, 6) is -0.713. The topological polar surface area (TPSA) is 75.4 Å². The van der Waals surface area contributed by atoms with E-state index < -0.39 is 18.5 Å².